The first-order valence-electron chi connectivity index (χ1n) is 5.97. The molecule has 0 radical (unpaired) electrons. The molecule has 0 bridgehead atoms. The number of hydrogen-bond acceptors (Lipinski definition) is 4. The van der Waals surface area contributed by atoms with Crippen molar-refractivity contribution in [2.24, 2.45) is 0 Å². The minimum Gasteiger partial charge on any atom is -0.496 e. The Bertz CT molecular complexity index is 534. The number of nitrogens with zero attached hydrogens (tertiary/aromatic N) is 1. The molecule has 1 aromatic carbocycles. The fraction of sp³-hybridized carbons (Fsp3) is 0.357. The number of thiazole rings is 1. The molecule has 18 heavy (non-hydrogen) atoms. The maximum Gasteiger partial charge on any atom is 0.182 e. The van der Waals surface area contributed by atoms with E-state index in [0.717, 1.165) is 22.1 Å². The second kappa shape index (κ2) is 5.40. The number of ether oxygens (including phenoxy) is 1. The molecule has 2 aromatic rings. The number of aromatic nitrogens is 1. The Morgan fingerprint density at radius 1 is 1.33 bits per heavy atom. The second-order valence-electron chi connectivity index (χ2n) is 4.40. The van der Waals surface area contributed by atoms with E-state index in [0.29, 0.717) is 5.92 Å². The zero-order valence-corrected chi connectivity index (χ0v) is 12.0. The molecule has 0 atom stereocenters. The molecule has 0 amide bonds. The topological polar surface area (TPSA) is 34.2 Å². The van der Waals surface area contributed by atoms with Crippen LogP contribution < -0.4 is 10.1 Å². The molecule has 0 saturated heterocycles. The molecular weight excluding hydrogens is 244 g/mol. The van der Waals surface area contributed by atoms with E-state index in [-0.39, 0.29) is 0 Å². The van der Waals surface area contributed by atoms with Crippen molar-refractivity contribution in [3.05, 3.63) is 29.1 Å². The first kappa shape index (κ1) is 12.9. The molecule has 0 fully saturated rings. The Morgan fingerprint density at radius 2 is 2.11 bits per heavy atom. The normalized spacial score (nSPS) is 10.7. The SMILES string of the molecule is CNc1nc(-c2cc(C(C)C)ccc2OC)cs1. The fourth-order valence-corrected chi connectivity index (χ4v) is 2.47. The van der Waals surface area contributed by atoms with Gasteiger partial charge in [0.2, 0.25) is 0 Å². The molecule has 0 unspecified atom stereocenters. The molecule has 3 nitrogen and oxygen atoms in total. The predicted molar refractivity (Wildman–Crippen MR) is 77.7 cm³/mol. The third-order valence-electron chi connectivity index (χ3n) is 2.88. The molecule has 0 saturated carbocycles. The van der Waals surface area contributed by atoms with Crippen molar-refractivity contribution in [3.63, 3.8) is 0 Å². The van der Waals surface area contributed by atoms with Gasteiger partial charge < -0.3 is 10.1 Å². The van der Waals surface area contributed by atoms with Crippen LogP contribution in [0, 0.1) is 0 Å². The summed E-state index contributed by atoms with van der Waals surface area (Å²) >= 11 is 1.60. The van der Waals surface area contributed by atoms with E-state index in [2.05, 4.69) is 36.3 Å². The van der Waals surface area contributed by atoms with Crippen LogP contribution in [0.5, 0.6) is 5.75 Å². The van der Waals surface area contributed by atoms with Crippen molar-refractivity contribution in [1.82, 2.24) is 4.98 Å². The van der Waals surface area contributed by atoms with Crippen LogP contribution in [0.2, 0.25) is 0 Å². The summed E-state index contributed by atoms with van der Waals surface area (Å²) in [5.74, 6) is 1.37. The average molecular weight is 262 g/mol. The maximum absolute atomic E-state index is 5.42. The molecule has 0 spiro atoms. The quantitative estimate of drug-likeness (QED) is 0.904. The van der Waals surface area contributed by atoms with Gasteiger partial charge in [-0.25, -0.2) is 4.98 Å². The van der Waals surface area contributed by atoms with Gasteiger partial charge in [-0.15, -0.1) is 11.3 Å². The Morgan fingerprint density at radius 3 is 2.67 bits per heavy atom. The number of hydrogen-bond donors (Lipinski definition) is 1. The lowest BCUT2D eigenvalue weighted by atomic mass is 9.99. The van der Waals surface area contributed by atoms with E-state index in [4.69, 9.17) is 4.74 Å². The van der Waals surface area contributed by atoms with Crippen molar-refractivity contribution >= 4 is 16.5 Å². The van der Waals surface area contributed by atoms with Gasteiger partial charge in [0, 0.05) is 18.0 Å². The Balaban J connectivity index is 2.49. The van der Waals surface area contributed by atoms with Crippen LogP contribution in [0.1, 0.15) is 25.3 Å². The number of benzene rings is 1. The number of rotatable bonds is 4. The lowest BCUT2D eigenvalue weighted by Gasteiger charge is -2.11. The van der Waals surface area contributed by atoms with Gasteiger partial charge in [-0.3, -0.25) is 0 Å². The standard InChI is InChI=1S/C14H18N2OS/c1-9(2)10-5-6-13(17-4)11(7-10)12-8-18-14(15-3)16-12/h5-9H,1-4H3,(H,15,16). The number of anilines is 1. The predicted octanol–water partition coefficient (Wildman–Crippen LogP) is 3.98. The summed E-state index contributed by atoms with van der Waals surface area (Å²) < 4.78 is 5.42. The number of methoxy groups -OCH3 is 1. The summed E-state index contributed by atoms with van der Waals surface area (Å²) in [6.45, 7) is 4.37. The van der Waals surface area contributed by atoms with Gasteiger partial charge in [0.25, 0.3) is 0 Å². The first-order valence-corrected chi connectivity index (χ1v) is 6.85. The highest BCUT2D eigenvalue weighted by Crippen LogP contribution is 2.34. The minimum atomic E-state index is 0.497. The van der Waals surface area contributed by atoms with E-state index in [9.17, 15) is 0 Å². The van der Waals surface area contributed by atoms with E-state index in [1.54, 1.807) is 18.4 Å². The van der Waals surface area contributed by atoms with E-state index in [1.807, 2.05) is 18.5 Å². The lowest BCUT2D eigenvalue weighted by Crippen LogP contribution is -1.93. The van der Waals surface area contributed by atoms with Crippen molar-refractivity contribution < 1.29 is 4.74 Å². The maximum atomic E-state index is 5.42. The van der Waals surface area contributed by atoms with Crippen LogP contribution in [-0.2, 0) is 0 Å². The summed E-state index contributed by atoms with van der Waals surface area (Å²) in [5, 5.41) is 6.03. The zero-order chi connectivity index (χ0) is 13.1. The summed E-state index contributed by atoms with van der Waals surface area (Å²) in [6, 6.07) is 6.29. The first-order chi connectivity index (χ1) is 8.65. The van der Waals surface area contributed by atoms with Crippen molar-refractivity contribution in [3.8, 4) is 17.0 Å². The molecule has 1 N–H and O–H groups in total. The highest BCUT2D eigenvalue weighted by atomic mass is 32.1. The molecule has 1 heterocycles. The Hall–Kier alpha value is -1.55. The highest BCUT2D eigenvalue weighted by Gasteiger charge is 2.11. The molecule has 1 aromatic heterocycles. The van der Waals surface area contributed by atoms with Gasteiger partial charge in [0.05, 0.1) is 12.8 Å². The van der Waals surface area contributed by atoms with Crippen LogP contribution in [0.15, 0.2) is 23.6 Å². The molecule has 0 aliphatic rings. The summed E-state index contributed by atoms with van der Waals surface area (Å²) in [5.41, 5.74) is 3.31. The summed E-state index contributed by atoms with van der Waals surface area (Å²) in [7, 11) is 3.57. The van der Waals surface area contributed by atoms with Gasteiger partial charge in [0.1, 0.15) is 5.75 Å². The fourth-order valence-electron chi connectivity index (χ4n) is 1.80. The lowest BCUT2D eigenvalue weighted by molar-refractivity contribution is 0.416. The van der Waals surface area contributed by atoms with Crippen LogP contribution in [0.4, 0.5) is 5.13 Å². The van der Waals surface area contributed by atoms with Gasteiger partial charge in [0.15, 0.2) is 5.13 Å². The Kier molecular flexibility index (Phi) is 3.87. The summed E-state index contributed by atoms with van der Waals surface area (Å²) in [4.78, 5) is 4.54. The van der Waals surface area contributed by atoms with Crippen LogP contribution in [0.3, 0.4) is 0 Å². The smallest absolute Gasteiger partial charge is 0.182 e. The third kappa shape index (κ3) is 2.48. The molecule has 0 aliphatic heterocycles. The Labute approximate surface area is 112 Å². The number of nitrogens with one attached hydrogen (secondary N) is 1. The molecule has 4 heteroatoms. The highest BCUT2D eigenvalue weighted by molar-refractivity contribution is 7.14. The molecular formula is C14H18N2OS. The largest absolute Gasteiger partial charge is 0.496 e. The van der Waals surface area contributed by atoms with Gasteiger partial charge >= 0.3 is 0 Å². The third-order valence-corrected chi connectivity index (χ3v) is 3.74. The summed E-state index contributed by atoms with van der Waals surface area (Å²) in [6.07, 6.45) is 0. The van der Waals surface area contributed by atoms with E-state index < -0.39 is 0 Å². The molecule has 0 aliphatic carbocycles. The molecule has 2 rings (SSSR count). The second-order valence-corrected chi connectivity index (χ2v) is 5.26. The van der Waals surface area contributed by atoms with E-state index in [1.165, 1.54) is 5.56 Å². The van der Waals surface area contributed by atoms with Crippen molar-refractivity contribution in [2.75, 3.05) is 19.5 Å². The van der Waals surface area contributed by atoms with Crippen LogP contribution >= 0.6 is 11.3 Å². The zero-order valence-electron chi connectivity index (χ0n) is 11.2. The van der Waals surface area contributed by atoms with Gasteiger partial charge in [-0.05, 0) is 23.6 Å². The average Bonchev–Trinajstić information content (AvgIpc) is 2.86. The monoisotopic (exact) mass is 262 g/mol. The van der Waals surface area contributed by atoms with Gasteiger partial charge in [-0.2, -0.15) is 0 Å². The molecule has 96 valence electrons. The minimum absolute atomic E-state index is 0.497. The van der Waals surface area contributed by atoms with Crippen molar-refractivity contribution in [1.29, 1.82) is 0 Å². The van der Waals surface area contributed by atoms with E-state index >= 15 is 0 Å². The van der Waals surface area contributed by atoms with Crippen molar-refractivity contribution in [2.45, 2.75) is 19.8 Å². The van der Waals surface area contributed by atoms with Crippen LogP contribution in [0.25, 0.3) is 11.3 Å². The van der Waals surface area contributed by atoms with Crippen LogP contribution in [-0.4, -0.2) is 19.1 Å². The van der Waals surface area contributed by atoms with Gasteiger partial charge in [-0.1, -0.05) is 19.9 Å².